The minimum absolute atomic E-state index is 0.00422. The molecule has 1 aliphatic rings. The molecule has 1 atom stereocenters. The van der Waals surface area contributed by atoms with Crippen LogP contribution in [0.25, 0.3) is 10.9 Å². The average Bonchev–Trinajstić information content (AvgIpc) is 3.23. The van der Waals surface area contributed by atoms with Gasteiger partial charge < -0.3 is 14.6 Å². The van der Waals surface area contributed by atoms with E-state index in [9.17, 15) is 9.59 Å². The van der Waals surface area contributed by atoms with Gasteiger partial charge >= 0.3 is 0 Å². The number of nitrogens with one attached hydrogen (secondary N) is 1. The molecule has 0 saturated carbocycles. The molecular formula is C24H27N3O3. The highest BCUT2D eigenvalue weighted by molar-refractivity contribution is 5.79. The molecule has 156 valence electrons. The lowest BCUT2D eigenvalue weighted by Crippen LogP contribution is -2.38. The molecule has 4 rings (SSSR count). The second-order valence-electron chi connectivity index (χ2n) is 8.03. The number of amides is 1. The van der Waals surface area contributed by atoms with Crippen molar-refractivity contribution in [2.24, 2.45) is 0 Å². The summed E-state index contributed by atoms with van der Waals surface area (Å²) in [4.78, 5) is 34.8. The molecule has 0 radical (unpaired) electrons. The van der Waals surface area contributed by atoms with Gasteiger partial charge in [0.25, 0.3) is 5.56 Å². The number of para-hydroxylation sites is 1. The van der Waals surface area contributed by atoms with Crippen LogP contribution >= 0.6 is 0 Å². The third-order valence-corrected chi connectivity index (χ3v) is 5.73. The van der Waals surface area contributed by atoms with Gasteiger partial charge in [-0.1, -0.05) is 30.3 Å². The summed E-state index contributed by atoms with van der Waals surface area (Å²) in [5, 5.41) is 0.549. The number of fused-ring (bicyclic) bond motifs is 1. The van der Waals surface area contributed by atoms with Gasteiger partial charge in [0.05, 0.1) is 30.0 Å². The summed E-state index contributed by atoms with van der Waals surface area (Å²) in [5.41, 5.74) is 3.82. The summed E-state index contributed by atoms with van der Waals surface area (Å²) < 4.78 is 5.76. The first-order valence-corrected chi connectivity index (χ1v) is 10.4. The van der Waals surface area contributed by atoms with Gasteiger partial charge in [0.15, 0.2) is 0 Å². The predicted octanol–water partition coefficient (Wildman–Crippen LogP) is 3.29. The molecule has 1 N–H and O–H groups in total. The van der Waals surface area contributed by atoms with Crippen molar-refractivity contribution < 1.29 is 9.53 Å². The van der Waals surface area contributed by atoms with Crippen molar-refractivity contribution >= 4 is 16.8 Å². The summed E-state index contributed by atoms with van der Waals surface area (Å²) >= 11 is 0. The summed E-state index contributed by atoms with van der Waals surface area (Å²) in [5.74, 6) is 0.495. The van der Waals surface area contributed by atoms with Crippen LogP contribution < -0.4 is 5.56 Å². The van der Waals surface area contributed by atoms with Crippen LogP contribution in [0.15, 0.2) is 47.3 Å². The fourth-order valence-electron chi connectivity index (χ4n) is 3.88. The van der Waals surface area contributed by atoms with Crippen LogP contribution in [0.5, 0.6) is 0 Å². The van der Waals surface area contributed by atoms with Crippen LogP contribution in [0.1, 0.15) is 35.4 Å². The van der Waals surface area contributed by atoms with E-state index in [0.29, 0.717) is 29.7 Å². The Balaban J connectivity index is 1.58. The molecule has 6 nitrogen and oxygen atoms in total. The molecule has 0 unspecified atom stereocenters. The Morgan fingerprint density at radius 3 is 2.80 bits per heavy atom. The zero-order chi connectivity index (χ0) is 21.1. The van der Waals surface area contributed by atoms with Gasteiger partial charge in [0.2, 0.25) is 5.91 Å². The first kappa shape index (κ1) is 20.3. The van der Waals surface area contributed by atoms with Crippen molar-refractivity contribution in [2.45, 2.75) is 45.8 Å². The van der Waals surface area contributed by atoms with Crippen molar-refractivity contribution in [3.05, 3.63) is 75.3 Å². The number of aromatic amines is 1. The summed E-state index contributed by atoms with van der Waals surface area (Å²) in [7, 11) is 0. The largest absolute Gasteiger partial charge is 0.376 e. The second kappa shape index (κ2) is 8.79. The van der Waals surface area contributed by atoms with E-state index in [4.69, 9.17) is 4.74 Å². The highest BCUT2D eigenvalue weighted by Crippen LogP contribution is 2.17. The number of nitrogens with zero attached hydrogens (tertiary/aromatic N) is 2. The number of carbonyl (C=O) groups excluding carboxylic acids is 1. The number of benzene rings is 2. The van der Waals surface area contributed by atoms with Crippen LogP contribution in [0.3, 0.4) is 0 Å². The van der Waals surface area contributed by atoms with E-state index >= 15 is 0 Å². The lowest BCUT2D eigenvalue weighted by Gasteiger charge is -2.25. The molecule has 1 aliphatic heterocycles. The number of aromatic nitrogens is 2. The van der Waals surface area contributed by atoms with E-state index in [-0.39, 0.29) is 24.1 Å². The molecule has 0 aliphatic carbocycles. The zero-order valence-electron chi connectivity index (χ0n) is 17.5. The maximum atomic E-state index is 13.2. The summed E-state index contributed by atoms with van der Waals surface area (Å²) in [6.07, 6.45) is 2.29. The number of hydrogen-bond donors (Lipinski definition) is 1. The Hall–Kier alpha value is -2.99. The van der Waals surface area contributed by atoms with Crippen molar-refractivity contribution in [1.82, 2.24) is 14.9 Å². The molecule has 30 heavy (non-hydrogen) atoms. The van der Waals surface area contributed by atoms with Gasteiger partial charge in [-0.15, -0.1) is 0 Å². The van der Waals surface area contributed by atoms with Crippen LogP contribution in [0.2, 0.25) is 0 Å². The fourth-order valence-corrected chi connectivity index (χ4v) is 3.88. The van der Waals surface area contributed by atoms with Crippen molar-refractivity contribution in [3.63, 3.8) is 0 Å². The smallest absolute Gasteiger partial charge is 0.258 e. The van der Waals surface area contributed by atoms with E-state index in [1.807, 2.05) is 30.3 Å². The third-order valence-electron chi connectivity index (χ3n) is 5.73. The first-order valence-electron chi connectivity index (χ1n) is 10.4. The first-order chi connectivity index (χ1) is 14.5. The quantitative estimate of drug-likeness (QED) is 0.683. The van der Waals surface area contributed by atoms with Gasteiger partial charge in [-0.25, -0.2) is 4.98 Å². The van der Waals surface area contributed by atoms with Gasteiger partial charge in [0, 0.05) is 13.2 Å². The van der Waals surface area contributed by atoms with E-state index < -0.39 is 0 Å². The zero-order valence-corrected chi connectivity index (χ0v) is 17.5. The molecule has 1 aromatic heterocycles. The Labute approximate surface area is 175 Å². The van der Waals surface area contributed by atoms with Crippen LogP contribution in [0, 0.1) is 13.8 Å². The minimum Gasteiger partial charge on any atom is -0.376 e. The molecule has 1 saturated heterocycles. The topological polar surface area (TPSA) is 75.3 Å². The number of ether oxygens (including phenoxy) is 1. The number of hydrogen-bond acceptors (Lipinski definition) is 4. The number of aryl methyl sites for hydroxylation is 2. The van der Waals surface area contributed by atoms with Gasteiger partial charge in [-0.2, -0.15) is 0 Å². The van der Waals surface area contributed by atoms with Crippen molar-refractivity contribution in [1.29, 1.82) is 0 Å². The molecular weight excluding hydrogens is 378 g/mol. The molecule has 0 bridgehead atoms. The maximum Gasteiger partial charge on any atom is 0.258 e. The lowest BCUT2D eigenvalue weighted by molar-refractivity contribution is -0.132. The predicted molar refractivity (Wildman–Crippen MR) is 116 cm³/mol. The molecule has 6 heteroatoms. The van der Waals surface area contributed by atoms with Crippen molar-refractivity contribution in [2.75, 3.05) is 13.2 Å². The normalized spacial score (nSPS) is 16.1. The van der Waals surface area contributed by atoms with Gasteiger partial charge in [-0.05, 0) is 55.5 Å². The highest BCUT2D eigenvalue weighted by atomic mass is 16.5. The van der Waals surface area contributed by atoms with Crippen molar-refractivity contribution in [3.8, 4) is 0 Å². The summed E-state index contributed by atoms with van der Waals surface area (Å²) in [6.45, 7) is 5.60. The number of rotatable bonds is 6. The van der Waals surface area contributed by atoms with Crippen LogP contribution in [-0.2, 0) is 22.5 Å². The monoisotopic (exact) mass is 405 g/mol. The van der Waals surface area contributed by atoms with Crippen LogP contribution in [-0.4, -0.2) is 40.0 Å². The minimum atomic E-state index is -0.186. The van der Waals surface area contributed by atoms with E-state index in [1.165, 1.54) is 11.1 Å². The SMILES string of the molecule is Cc1ccc(CC(=O)N(Cc2nc3ccccc3c(=O)[nH]2)C[C@H]2CCCO2)cc1C. The third kappa shape index (κ3) is 4.60. The molecule has 0 spiro atoms. The highest BCUT2D eigenvalue weighted by Gasteiger charge is 2.24. The number of H-pyrrole nitrogens is 1. The molecule has 1 amide bonds. The lowest BCUT2D eigenvalue weighted by atomic mass is 10.0. The average molecular weight is 405 g/mol. The van der Waals surface area contributed by atoms with Crippen LogP contribution in [0.4, 0.5) is 0 Å². The van der Waals surface area contributed by atoms with E-state index in [1.54, 1.807) is 11.0 Å². The van der Waals surface area contributed by atoms with Gasteiger partial charge in [-0.3, -0.25) is 9.59 Å². The Morgan fingerprint density at radius 1 is 1.20 bits per heavy atom. The molecule has 1 fully saturated rings. The van der Waals surface area contributed by atoms with Gasteiger partial charge in [0.1, 0.15) is 5.82 Å². The second-order valence-corrected chi connectivity index (χ2v) is 8.03. The standard InChI is InChI=1S/C24H27N3O3/c1-16-9-10-18(12-17(16)2)13-23(28)27(14-19-6-5-11-30-19)15-22-25-21-8-4-3-7-20(21)24(29)26-22/h3-4,7-10,12,19H,5-6,11,13-15H2,1-2H3,(H,25,26,29)/t19-/m1/s1. The molecule has 2 heterocycles. The number of carbonyl (C=O) groups is 1. The summed E-state index contributed by atoms with van der Waals surface area (Å²) in [6, 6.07) is 13.3. The maximum absolute atomic E-state index is 13.2. The Morgan fingerprint density at radius 2 is 2.03 bits per heavy atom. The Kier molecular flexibility index (Phi) is 5.95. The fraction of sp³-hybridized carbons (Fsp3) is 0.375. The molecule has 2 aromatic carbocycles. The Bertz CT molecular complexity index is 1120. The molecule has 3 aromatic rings. The van der Waals surface area contributed by atoms with E-state index in [0.717, 1.165) is 25.0 Å². The van der Waals surface area contributed by atoms with E-state index in [2.05, 4.69) is 29.9 Å².